The summed E-state index contributed by atoms with van der Waals surface area (Å²) in [6.45, 7) is 5.15. The van der Waals surface area contributed by atoms with Gasteiger partial charge in [0, 0.05) is 0 Å². The standard InChI is InChI=1S/C6H12O3/c1-5(7)3-9-4-6(2)8/h6-8H,1,3-4H2,2H3. The quantitative estimate of drug-likeness (QED) is 0.546. The van der Waals surface area contributed by atoms with Crippen molar-refractivity contribution in [1.29, 1.82) is 0 Å². The van der Waals surface area contributed by atoms with Crippen molar-refractivity contribution in [3.05, 3.63) is 12.3 Å². The van der Waals surface area contributed by atoms with Crippen LogP contribution in [0.15, 0.2) is 12.3 Å². The molecule has 0 saturated heterocycles. The van der Waals surface area contributed by atoms with Crippen molar-refractivity contribution < 1.29 is 14.9 Å². The molecule has 0 saturated carbocycles. The van der Waals surface area contributed by atoms with Crippen LogP contribution in [0.1, 0.15) is 6.92 Å². The lowest BCUT2D eigenvalue weighted by Crippen LogP contribution is -2.11. The fourth-order valence-corrected chi connectivity index (χ4v) is 0.347. The molecule has 0 spiro atoms. The molecule has 0 aliphatic carbocycles. The van der Waals surface area contributed by atoms with Gasteiger partial charge >= 0.3 is 0 Å². The Hall–Kier alpha value is -0.540. The van der Waals surface area contributed by atoms with E-state index in [1.165, 1.54) is 0 Å². The van der Waals surface area contributed by atoms with Crippen LogP contribution in [0.25, 0.3) is 0 Å². The maximum Gasteiger partial charge on any atom is 0.111 e. The molecule has 0 aliphatic heterocycles. The molecule has 1 unspecified atom stereocenters. The van der Waals surface area contributed by atoms with Gasteiger partial charge < -0.3 is 14.9 Å². The average Bonchev–Trinajstić information content (AvgIpc) is 1.63. The van der Waals surface area contributed by atoms with Gasteiger partial charge in [0.25, 0.3) is 0 Å². The Kier molecular flexibility index (Phi) is 4.09. The van der Waals surface area contributed by atoms with Crippen molar-refractivity contribution in [3.63, 3.8) is 0 Å². The Morgan fingerprint density at radius 2 is 2.33 bits per heavy atom. The second-order valence-corrected chi connectivity index (χ2v) is 1.93. The third kappa shape index (κ3) is 7.46. The summed E-state index contributed by atoms with van der Waals surface area (Å²) >= 11 is 0. The molecule has 0 bridgehead atoms. The summed E-state index contributed by atoms with van der Waals surface area (Å²) in [5.41, 5.74) is 0. The van der Waals surface area contributed by atoms with E-state index >= 15 is 0 Å². The summed E-state index contributed by atoms with van der Waals surface area (Å²) in [4.78, 5) is 0. The number of hydrogen-bond donors (Lipinski definition) is 2. The SMILES string of the molecule is C=C(O)COCC(C)O. The first-order valence-corrected chi connectivity index (χ1v) is 2.75. The number of aliphatic hydroxyl groups is 2. The van der Waals surface area contributed by atoms with E-state index in [9.17, 15) is 0 Å². The van der Waals surface area contributed by atoms with Crippen LogP contribution in [0.3, 0.4) is 0 Å². The Balaban J connectivity index is 3.01. The highest BCUT2D eigenvalue weighted by molar-refractivity contribution is 4.77. The minimum atomic E-state index is -0.482. The van der Waals surface area contributed by atoms with Crippen LogP contribution in [-0.4, -0.2) is 29.5 Å². The van der Waals surface area contributed by atoms with Gasteiger partial charge in [-0.2, -0.15) is 0 Å². The topological polar surface area (TPSA) is 49.7 Å². The zero-order valence-electron chi connectivity index (χ0n) is 5.50. The smallest absolute Gasteiger partial charge is 0.111 e. The number of aliphatic hydroxyl groups excluding tert-OH is 2. The van der Waals surface area contributed by atoms with Crippen molar-refractivity contribution >= 4 is 0 Å². The molecule has 0 aromatic rings. The third-order valence-electron chi connectivity index (χ3n) is 0.628. The van der Waals surface area contributed by atoms with Crippen molar-refractivity contribution in [2.75, 3.05) is 13.2 Å². The summed E-state index contributed by atoms with van der Waals surface area (Å²) in [6.07, 6.45) is -0.482. The zero-order valence-corrected chi connectivity index (χ0v) is 5.50. The van der Waals surface area contributed by atoms with Crippen LogP contribution in [0.2, 0.25) is 0 Å². The Morgan fingerprint density at radius 3 is 2.67 bits per heavy atom. The monoisotopic (exact) mass is 132 g/mol. The van der Waals surface area contributed by atoms with E-state index in [-0.39, 0.29) is 19.0 Å². The molecule has 54 valence electrons. The third-order valence-corrected chi connectivity index (χ3v) is 0.628. The van der Waals surface area contributed by atoms with E-state index in [2.05, 4.69) is 6.58 Å². The van der Waals surface area contributed by atoms with Gasteiger partial charge in [0.2, 0.25) is 0 Å². The molecular weight excluding hydrogens is 120 g/mol. The zero-order chi connectivity index (χ0) is 7.28. The maximum atomic E-state index is 8.63. The second-order valence-electron chi connectivity index (χ2n) is 1.93. The molecule has 0 aliphatic rings. The average molecular weight is 132 g/mol. The van der Waals surface area contributed by atoms with Gasteiger partial charge in [-0.25, -0.2) is 0 Å². The first-order chi connectivity index (χ1) is 4.13. The van der Waals surface area contributed by atoms with Crippen LogP contribution in [0.4, 0.5) is 0 Å². The van der Waals surface area contributed by atoms with Crippen LogP contribution in [0.5, 0.6) is 0 Å². The predicted octanol–water partition coefficient (Wildman–Crippen LogP) is 0.456. The van der Waals surface area contributed by atoms with Crippen LogP contribution < -0.4 is 0 Å². The number of rotatable bonds is 4. The first-order valence-electron chi connectivity index (χ1n) is 2.75. The molecular formula is C6H12O3. The van der Waals surface area contributed by atoms with Crippen molar-refractivity contribution in [2.24, 2.45) is 0 Å². The van der Waals surface area contributed by atoms with Crippen molar-refractivity contribution in [2.45, 2.75) is 13.0 Å². The summed E-state index contributed by atoms with van der Waals surface area (Å²) in [7, 11) is 0. The molecule has 0 amide bonds. The lowest BCUT2D eigenvalue weighted by Gasteiger charge is -2.03. The largest absolute Gasteiger partial charge is 0.510 e. The van der Waals surface area contributed by atoms with Crippen LogP contribution in [-0.2, 0) is 4.74 Å². The summed E-state index contributed by atoms with van der Waals surface area (Å²) in [5, 5.41) is 17.1. The van der Waals surface area contributed by atoms with Gasteiger partial charge in [-0.3, -0.25) is 0 Å². The van der Waals surface area contributed by atoms with E-state index in [0.29, 0.717) is 0 Å². The molecule has 0 aromatic heterocycles. The Labute approximate surface area is 54.6 Å². The molecule has 0 heterocycles. The molecule has 9 heavy (non-hydrogen) atoms. The van der Waals surface area contributed by atoms with Gasteiger partial charge in [0.1, 0.15) is 12.4 Å². The van der Waals surface area contributed by atoms with E-state index in [4.69, 9.17) is 14.9 Å². The Morgan fingerprint density at radius 1 is 1.78 bits per heavy atom. The van der Waals surface area contributed by atoms with E-state index in [0.717, 1.165) is 0 Å². The summed E-state index contributed by atoms with van der Waals surface area (Å²) < 4.78 is 4.76. The van der Waals surface area contributed by atoms with E-state index in [1.807, 2.05) is 0 Å². The molecule has 2 N–H and O–H groups in total. The van der Waals surface area contributed by atoms with Crippen LogP contribution in [0, 0.1) is 0 Å². The fourth-order valence-electron chi connectivity index (χ4n) is 0.347. The lowest BCUT2D eigenvalue weighted by molar-refractivity contribution is 0.0465. The molecule has 0 aromatic carbocycles. The van der Waals surface area contributed by atoms with Gasteiger partial charge in [0.15, 0.2) is 0 Å². The number of hydrogen-bond acceptors (Lipinski definition) is 3. The highest BCUT2D eigenvalue weighted by atomic mass is 16.5. The minimum absolute atomic E-state index is 0.0179. The molecule has 0 rings (SSSR count). The fraction of sp³-hybridized carbons (Fsp3) is 0.667. The first kappa shape index (κ1) is 8.46. The minimum Gasteiger partial charge on any atom is -0.510 e. The predicted molar refractivity (Wildman–Crippen MR) is 34.3 cm³/mol. The molecule has 3 heteroatoms. The maximum absolute atomic E-state index is 8.63. The van der Waals surface area contributed by atoms with Crippen LogP contribution >= 0.6 is 0 Å². The van der Waals surface area contributed by atoms with Crippen molar-refractivity contribution in [1.82, 2.24) is 0 Å². The van der Waals surface area contributed by atoms with Gasteiger partial charge in [0.05, 0.1) is 12.7 Å². The molecule has 1 atom stereocenters. The molecule has 0 fully saturated rings. The molecule has 3 nitrogen and oxygen atoms in total. The summed E-state index contributed by atoms with van der Waals surface area (Å²) in [5.74, 6) is -0.0179. The van der Waals surface area contributed by atoms with Crippen molar-refractivity contribution in [3.8, 4) is 0 Å². The van der Waals surface area contributed by atoms with Gasteiger partial charge in [-0.15, -0.1) is 0 Å². The number of ether oxygens (including phenoxy) is 1. The normalized spacial score (nSPS) is 13.1. The van der Waals surface area contributed by atoms with Gasteiger partial charge in [-0.05, 0) is 6.92 Å². The molecule has 0 radical (unpaired) electrons. The highest BCUT2D eigenvalue weighted by Crippen LogP contribution is 1.86. The van der Waals surface area contributed by atoms with Gasteiger partial charge in [-0.1, -0.05) is 6.58 Å². The highest BCUT2D eigenvalue weighted by Gasteiger charge is 1.94. The van der Waals surface area contributed by atoms with E-state index in [1.54, 1.807) is 6.92 Å². The second kappa shape index (κ2) is 4.35. The van der Waals surface area contributed by atoms with E-state index < -0.39 is 6.10 Å². The Bertz CT molecular complexity index is 88.3. The summed E-state index contributed by atoms with van der Waals surface area (Å²) in [6, 6.07) is 0. The lowest BCUT2D eigenvalue weighted by atomic mass is 10.4.